The molecule has 5 rings (SSSR count). The molecule has 33 heavy (non-hydrogen) atoms. The predicted octanol–water partition coefficient (Wildman–Crippen LogP) is 1.81. The van der Waals surface area contributed by atoms with Gasteiger partial charge in [-0.3, -0.25) is 9.89 Å². The number of aromatic amines is 1. The Labute approximate surface area is 192 Å². The molecular formula is C22H26N6O4S. The van der Waals surface area contributed by atoms with E-state index >= 15 is 0 Å². The van der Waals surface area contributed by atoms with Gasteiger partial charge >= 0.3 is 0 Å². The van der Waals surface area contributed by atoms with Crippen molar-refractivity contribution < 1.29 is 17.6 Å². The standard InChI is InChI=1S/C22H26N6O4S/c29-22(27-14-12-26(13-15-27)20-5-1-2-9-23-20)17-4-3-11-28(16-17)33(30,31)21-7-6-19(32-21)18-8-10-24-25-18/h1-2,5-10,17H,3-4,11-16H2,(H,24,25)/t17-/m0/s1. The highest BCUT2D eigenvalue weighted by molar-refractivity contribution is 7.89. The minimum Gasteiger partial charge on any atom is -0.442 e. The molecule has 0 aromatic carbocycles. The van der Waals surface area contributed by atoms with Crippen molar-refractivity contribution in [3.8, 4) is 11.5 Å². The predicted molar refractivity (Wildman–Crippen MR) is 121 cm³/mol. The number of carbonyl (C=O) groups is 1. The summed E-state index contributed by atoms with van der Waals surface area (Å²) in [6.07, 6.45) is 4.66. The van der Waals surface area contributed by atoms with E-state index in [4.69, 9.17) is 4.42 Å². The number of rotatable bonds is 5. The van der Waals surface area contributed by atoms with Gasteiger partial charge in [-0.2, -0.15) is 9.40 Å². The second-order valence-electron chi connectivity index (χ2n) is 8.29. The number of amides is 1. The second-order valence-corrected chi connectivity index (χ2v) is 10.2. The maximum absolute atomic E-state index is 13.2. The summed E-state index contributed by atoms with van der Waals surface area (Å²) in [5.41, 5.74) is 0.605. The third-order valence-corrected chi connectivity index (χ3v) is 7.98. The number of piperidine rings is 1. The van der Waals surface area contributed by atoms with Crippen LogP contribution in [0.3, 0.4) is 0 Å². The first-order valence-electron chi connectivity index (χ1n) is 11.1. The highest BCUT2D eigenvalue weighted by Gasteiger charge is 2.37. The van der Waals surface area contributed by atoms with Gasteiger partial charge in [0, 0.05) is 51.7 Å². The molecule has 11 heteroatoms. The minimum atomic E-state index is -3.83. The van der Waals surface area contributed by atoms with E-state index < -0.39 is 10.0 Å². The lowest BCUT2D eigenvalue weighted by Crippen LogP contribution is -2.53. The van der Waals surface area contributed by atoms with Crippen LogP contribution in [-0.2, 0) is 14.8 Å². The summed E-state index contributed by atoms with van der Waals surface area (Å²) in [6.45, 7) is 3.16. The van der Waals surface area contributed by atoms with Crippen LogP contribution in [0.2, 0.25) is 0 Å². The second kappa shape index (κ2) is 8.99. The first kappa shape index (κ1) is 21.7. The summed E-state index contributed by atoms with van der Waals surface area (Å²) in [5, 5.41) is 6.50. The van der Waals surface area contributed by atoms with Crippen molar-refractivity contribution in [2.45, 2.75) is 17.9 Å². The van der Waals surface area contributed by atoms with Crippen LogP contribution in [-0.4, -0.2) is 78.0 Å². The maximum atomic E-state index is 13.2. The molecular weight excluding hydrogens is 444 g/mol. The molecule has 5 heterocycles. The van der Waals surface area contributed by atoms with Gasteiger partial charge in [0.15, 0.2) is 5.76 Å². The van der Waals surface area contributed by atoms with Gasteiger partial charge in [-0.15, -0.1) is 0 Å². The third-order valence-electron chi connectivity index (χ3n) is 6.24. The van der Waals surface area contributed by atoms with Gasteiger partial charge in [0.25, 0.3) is 10.0 Å². The first-order chi connectivity index (χ1) is 16.0. The molecule has 1 amide bonds. The molecule has 3 aromatic heterocycles. The van der Waals surface area contributed by atoms with Crippen LogP contribution in [0.1, 0.15) is 12.8 Å². The van der Waals surface area contributed by atoms with Gasteiger partial charge in [0.2, 0.25) is 11.0 Å². The molecule has 1 N–H and O–H groups in total. The van der Waals surface area contributed by atoms with Gasteiger partial charge in [0.1, 0.15) is 11.5 Å². The minimum absolute atomic E-state index is 0.0214. The van der Waals surface area contributed by atoms with E-state index in [0.29, 0.717) is 57.0 Å². The first-order valence-corrected chi connectivity index (χ1v) is 12.5. The van der Waals surface area contributed by atoms with Gasteiger partial charge in [-0.1, -0.05) is 6.07 Å². The van der Waals surface area contributed by atoms with E-state index in [1.807, 2.05) is 23.1 Å². The molecule has 174 valence electrons. The van der Waals surface area contributed by atoms with Crippen LogP contribution < -0.4 is 4.90 Å². The quantitative estimate of drug-likeness (QED) is 0.605. The Balaban J connectivity index is 1.23. The normalized spacial score (nSPS) is 20.2. The molecule has 0 radical (unpaired) electrons. The zero-order valence-electron chi connectivity index (χ0n) is 18.1. The Hall–Kier alpha value is -3.18. The fourth-order valence-corrected chi connectivity index (χ4v) is 5.88. The number of piperazine rings is 1. The van der Waals surface area contributed by atoms with Crippen molar-refractivity contribution in [1.29, 1.82) is 0 Å². The number of pyridine rings is 1. The number of hydrogen-bond donors (Lipinski definition) is 1. The molecule has 3 aromatic rings. The Bertz CT molecular complexity index is 1190. The number of aromatic nitrogens is 3. The van der Waals surface area contributed by atoms with E-state index in [1.54, 1.807) is 24.5 Å². The van der Waals surface area contributed by atoms with Crippen LogP contribution in [0.5, 0.6) is 0 Å². The highest BCUT2D eigenvalue weighted by Crippen LogP contribution is 2.29. The number of carbonyl (C=O) groups excluding carboxylic acids is 1. The van der Waals surface area contributed by atoms with Crippen LogP contribution in [0.25, 0.3) is 11.5 Å². The summed E-state index contributed by atoms with van der Waals surface area (Å²) in [5.74, 6) is 0.985. The smallest absolute Gasteiger partial charge is 0.276 e. The summed E-state index contributed by atoms with van der Waals surface area (Å²) >= 11 is 0. The number of anilines is 1. The van der Waals surface area contributed by atoms with E-state index in [2.05, 4.69) is 20.1 Å². The average Bonchev–Trinajstić information content (AvgIpc) is 3.57. The van der Waals surface area contributed by atoms with E-state index in [-0.39, 0.29) is 23.5 Å². The molecule has 0 bridgehead atoms. The molecule has 0 saturated carbocycles. The SMILES string of the molecule is O=C([C@H]1CCCN(S(=O)(=O)c2ccc(-c3ccn[nH]3)o2)C1)N1CCN(c2ccccn2)CC1. The average molecular weight is 471 g/mol. The monoisotopic (exact) mass is 470 g/mol. The van der Waals surface area contributed by atoms with Crippen LogP contribution in [0.15, 0.2) is 58.3 Å². The Morgan fingerprint density at radius 2 is 1.88 bits per heavy atom. The molecule has 0 unspecified atom stereocenters. The van der Waals surface area contributed by atoms with Crippen molar-refractivity contribution in [3.05, 3.63) is 48.8 Å². The number of sulfonamides is 1. The van der Waals surface area contributed by atoms with Crippen LogP contribution in [0.4, 0.5) is 5.82 Å². The third kappa shape index (κ3) is 4.38. The number of H-pyrrole nitrogens is 1. The molecule has 2 saturated heterocycles. The molecule has 10 nitrogen and oxygen atoms in total. The fraction of sp³-hybridized carbons (Fsp3) is 0.409. The number of nitrogens with zero attached hydrogens (tertiary/aromatic N) is 5. The molecule has 0 spiro atoms. The summed E-state index contributed by atoms with van der Waals surface area (Å²) in [7, 11) is -3.83. The van der Waals surface area contributed by atoms with Crippen LogP contribution >= 0.6 is 0 Å². The van der Waals surface area contributed by atoms with Crippen molar-refractivity contribution >= 4 is 21.7 Å². The maximum Gasteiger partial charge on any atom is 0.276 e. The van der Waals surface area contributed by atoms with E-state index in [9.17, 15) is 13.2 Å². The van der Waals surface area contributed by atoms with Gasteiger partial charge in [0.05, 0.1) is 5.92 Å². The van der Waals surface area contributed by atoms with E-state index in [0.717, 1.165) is 5.82 Å². The van der Waals surface area contributed by atoms with Crippen molar-refractivity contribution in [3.63, 3.8) is 0 Å². The molecule has 2 fully saturated rings. The lowest BCUT2D eigenvalue weighted by Gasteiger charge is -2.38. The topological polar surface area (TPSA) is 116 Å². The lowest BCUT2D eigenvalue weighted by atomic mass is 9.98. The zero-order valence-corrected chi connectivity index (χ0v) is 18.9. The van der Waals surface area contributed by atoms with E-state index in [1.165, 1.54) is 10.4 Å². The number of furan rings is 1. The summed E-state index contributed by atoms with van der Waals surface area (Å²) < 4.78 is 33.3. The largest absolute Gasteiger partial charge is 0.442 e. The van der Waals surface area contributed by atoms with Gasteiger partial charge in [-0.25, -0.2) is 13.4 Å². The van der Waals surface area contributed by atoms with Crippen LogP contribution in [0, 0.1) is 5.92 Å². The fourth-order valence-electron chi connectivity index (χ4n) is 4.44. The molecule has 2 aliphatic rings. The van der Waals surface area contributed by atoms with Gasteiger partial charge < -0.3 is 14.2 Å². The van der Waals surface area contributed by atoms with Crippen molar-refractivity contribution in [1.82, 2.24) is 24.4 Å². The van der Waals surface area contributed by atoms with Gasteiger partial charge in [-0.05, 0) is 43.2 Å². The molecule has 1 atom stereocenters. The molecule has 0 aliphatic carbocycles. The summed E-state index contributed by atoms with van der Waals surface area (Å²) in [4.78, 5) is 21.6. The summed E-state index contributed by atoms with van der Waals surface area (Å²) in [6, 6.07) is 10.6. The highest BCUT2D eigenvalue weighted by atomic mass is 32.2. The van der Waals surface area contributed by atoms with Crippen molar-refractivity contribution in [2.75, 3.05) is 44.2 Å². The Kier molecular flexibility index (Phi) is 5.90. The Morgan fingerprint density at radius 1 is 1.03 bits per heavy atom. The lowest BCUT2D eigenvalue weighted by molar-refractivity contribution is -0.137. The van der Waals surface area contributed by atoms with Crippen molar-refractivity contribution in [2.24, 2.45) is 5.92 Å². The molecule has 2 aliphatic heterocycles. The zero-order chi connectivity index (χ0) is 22.8. The Morgan fingerprint density at radius 3 is 2.61 bits per heavy atom. The number of nitrogens with one attached hydrogen (secondary N) is 1. The number of hydrogen-bond acceptors (Lipinski definition) is 7.